The number of amides is 2. The molecule has 2 aromatic rings. The first-order chi connectivity index (χ1) is 13.3. The van der Waals surface area contributed by atoms with Crippen LogP contribution in [0.3, 0.4) is 0 Å². The van der Waals surface area contributed by atoms with Gasteiger partial charge in [0.15, 0.2) is 0 Å². The molecule has 28 heavy (non-hydrogen) atoms. The fourth-order valence-corrected chi connectivity index (χ4v) is 3.95. The lowest BCUT2D eigenvalue weighted by molar-refractivity contribution is -0.134. The third kappa shape index (κ3) is 4.18. The standard InChI is InChI=1S/C20H24Cl2N4O2/c1-12-16(11-19(27)25-8-6-14(7-9-25)20(28)23-3)13(2)26(24-12)15-4-5-17(21)18(22)10-15/h4-5,10,14H,6-9,11H2,1-3H3,(H,23,28). The molecule has 6 nitrogen and oxygen atoms in total. The van der Waals surface area contributed by atoms with E-state index in [0.29, 0.717) is 42.4 Å². The van der Waals surface area contributed by atoms with E-state index >= 15 is 0 Å². The highest BCUT2D eigenvalue weighted by molar-refractivity contribution is 6.42. The number of hydrogen-bond acceptors (Lipinski definition) is 3. The summed E-state index contributed by atoms with van der Waals surface area (Å²) in [5.74, 6) is 0.117. The summed E-state index contributed by atoms with van der Waals surface area (Å²) < 4.78 is 1.79. The molecule has 1 fully saturated rings. The Balaban J connectivity index is 1.73. The van der Waals surface area contributed by atoms with Gasteiger partial charge in [0.2, 0.25) is 11.8 Å². The molecule has 0 spiro atoms. The van der Waals surface area contributed by atoms with E-state index in [1.165, 1.54) is 0 Å². The lowest BCUT2D eigenvalue weighted by Crippen LogP contribution is -2.43. The monoisotopic (exact) mass is 422 g/mol. The zero-order valence-corrected chi connectivity index (χ0v) is 17.8. The van der Waals surface area contributed by atoms with Gasteiger partial charge < -0.3 is 10.2 Å². The minimum absolute atomic E-state index is 0.00470. The molecular weight excluding hydrogens is 399 g/mol. The molecule has 1 N–H and O–H groups in total. The molecule has 0 atom stereocenters. The van der Waals surface area contributed by atoms with Gasteiger partial charge in [-0.2, -0.15) is 5.10 Å². The summed E-state index contributed by atoms with van der Waals surface area (Å²) in [4.78, 5) is 26.4. The second-order valence-corrected chi connectivity index (χ2v) is 7.92. The first-order valence-electron chi connectivity index (χ1n) is 9.31. The van der Waals surface area contributed by atoms with Gasteiger partial charge in [-0.05, 0) is 44.9 Å². The van der Waals surface area contributed by atoms with Gasteiger partial charge in [-0.3, -0.25) is 9.59 Å². The molecule has 150 valence electrons. The maximum absolute atomic E-state index is 12.8. The third-order valence-electron chi connectivity index (χ3n) is 5.38. The molecule has 1 saturated heterocycles. The minimum Gasteiger partial charge on any atom is -0.359 e. The van der Waals surface area contributed by atoms with Crippen LogP contribution in [-0.4, -0.2) is 46.6 Å². The summed E-state index contributed by atoms with van der Waals surface area (Å²) in [5.41, 5.74) is 3.45. The Labute approximate surface area is 174 Å². The number of carbonyl (C=O) groups excluding carboxylic acids is 2. The number of rotatable bonds is 4. The van der Waals surface area contributed by atoms with Crippen LogP contribution in [0.2, 0.25) is 10.0 Å². The Morgan fingerprint density at radius 1 is 1.18 bits per heavy atom. The van der Waals surface area contributed by atoms with E-state index in [1.54, 1.807) is 23.9 Å². The summed E-state index contributed by atoms with van der Waals surface area (Å²) in [6, 6.07) is 5.35. The largest absolute Gasteiger partial charge is 0.359 e. The maximum atomic E-state index is 12.8. The van der Waals surface area contributed by atoms with E-state index in [0.717, 1.165) is 22.6 Å². The first kappa shape index (κ1) is 20.7. The van der Waals surface area contributed by atoms with E-state index < -0.39 is 0 Å². The number of benzene rings is 1. The molecule has 2 heterocycles. The fourth-order valence-electron chi connectivity index (χ4n) is 3.66. The molecule has 2 amide bonds. The number of carbonyl (C=O) groups is 2. The van der Waals surface area contributed by atoms with Gasteiger partial charge in [0.25, 0.3) is 0 Å². The summed E-state index contributed by atoms with van der Waals surface area (Å²) in [6.45, 7) is 5.07. The van der Waals surface area contributed by atoms with Gasteiger partial charge >= 0.3 is 0 Å². The molecule has 1 aliphatic rings. The predicted molar refractivity (Wildman–Crippen MR) is 110 cm³/mol. The van der Waals surface area contributed by atoms with Gasteiger partial charge in [-0.15, -0.1) is 0 Å². The second kappa shape index (κ2) is 8.53. The number of halogens is 2. The average molecular weight is 423 g/mol. The molecule has 0 unspecified atom stereocenters. The smallest absolute Gasteiger partial charge is 0.227 e. The molecule has 1 aliphatic heterocycles. The molecule has 0 radical (unpaired) electrons. The quantitative estimate of drug-likeness (QED) is 0.821. The Bertz CT molecular complexity index is 902. The molecule has 1 aromatic heterocycles. The molecule has 8 heteroatoms. The van der Waals surface area contributed by atoms with Gasteiger partial charge in [0.1, 0.15) is 0 Å². The van der Waals surface area contributed by atoms with E-state index in [4.69, 9.17) is 23.2 Å². The van der Waals surface area contributed by atoms with Crippen molar-refractivity contribution in [3.8, 4) is 5.69 Å². The van der Waals surface area contributed by atoms with Crippen molar-refractivity contribution < 1.29 is 9.59 Å². The van der Waals surface area contributed by atoms with Crippen LogP contribution in [-0.2, 0) is 16.0 Å². The lowest BCUT2D eigenvalue weighted by Gasteiger charge is -2.31. The van der Waals surface area contributed by atoms with Crippen molar-refractivity contribution in [1.29, 1.82) is 0 Å². The van der Waals surface area contributed by atoms with Gasteiger partial charge in [-0.1, -0.05) is 23.2 Å². The normalized spacial score (nSPS) is 15.0. The van der Waals surface area contributed by atoms with Crippen molar-refractivity contribution in [2.75, 3.05) is 20.1 Å². The fraction of sp³-hybridized carbons (Fsp3) is 0.450. The van der Waals surface area contributed by atoms with Crippen LogP contribution in [0.1, 0.15) is 29.8 Å². The number of piperidine rings is 1. The third-order valence-corrected chi connectivity index (χ3v) is 6.12. The SMILES string of the molecule is CNC(=O)C1CCN(C(=O)Cc2c(C)nn(-c3ccc(Cl)c(Cl)c3)c2C)CC1. The van der Waals surface area contributed by atoms with Crippen molar-refractivity contribution in [1.82, 2.24) is 20.0 Å². The van der Waals surface area contributed by atoms with Crippen LogP contribution in [0.25, 0.3) is 5.69 Å². The minimum atomic E-state index is -0.00470. The average Bonchev–Trinajstić information content (AvgIpc) is 2.97. The predicted octanol–water partition coefficient (Wildman–Crippen LogP) is 3.32. The molecule has 1 aromatic carbocycles. The molecule has 0 saturated carbocycles. The maximum Gasteiger partial charge on any atom is 0.227 e. The van der Waals surface area contributed by atoms with Crippen LogP contribution in [0.15, 0.2) is 18.2 Å². The van der Waals surface area contributed by atoms with E-state index in [2.05, 4.69) is 10.4 Å². The van der Waals surface area contributed by atoms with Crippen molar-refractivity contribution in [3.63, 3.8) is 0 Å². The van der Waals surface area contributed by atoms with Crippen LogP contribution >= 0.6 is 23.2 Å². The van der Waals surface area contributed by atoms with Crippen molar-refractivity contribution in [3.05, 3.63) is 45.2 Å². The van der Waals surface area contributed by atoms with Crippen LogP contribution in [0.4, 0.5) is 0 Å². The van der Waals surface area contributed by atoms with Gasteiger partial charge in [0.05, 0.1) is 27.8 Å². The van der Waals surface area contributed by atoms with Gasteiger partial charge in [-0.25, -0.2) is 4.68 Å². The molecule has 0 bridgehead atoms. The van der Waals surface area contributed by atoms with E-state index in [1.807, 2.05) is 24.8 Å². The Hall–Kier alpha value is -2.05. The highest BCUT2D eigenvalue weighted by Gasteiger charge is 2.27. The number of aromatic nitrogens is 2. The van der Waals surface area contributed by atoms with Crippen LogP contribution in [0, 0.1) is 19.8 Å². The number of hydrogen-bond donors (Lipinski definition) is 1. The van der Waals surface area contributed by atoms with Gasteiger partial charge in [0, 0.05) is 37.3 Å². The Morgan fingerprint density at radius 2 is 1.86 bits per heavy atom. The summed E-state index contributed by atoms with van der Waals surface area (Å²) >= 11 is 12.1. The highest BCUT2D eigenvalue weighted by atomic mass is 35.5. The zero-order valence-electron chi connectivity index (χ0n) is 16.3. The van der Waals surface area contributed by atoms with E-state index in [9.17, 15) is 9.59 Å². The highest BCUT2D eigenvalue weighted by Crippen LogP contribution is 2.27. The molecule has 3 rings (SSSR count). The van der Waals surface area contributed by atoms with Crippen LogP contribution in [0.5, 0.6) is 0 Å². The molecule has 0 aliphatic carbocycles. The number of nitrogens with zero attached hydrogens (tertiary/aromatic N) is 3. The molecular formula is C20H24Cl2N4O2. The lowest BCUT2D eigenvalue weighted by atomic mass is 9.95. The Morgan fingerprint density at radius 3 is 2.46 bits per heavy atom. The number of aryl methyl sites for hydroxylation is 1. The second-order valence-electron chi connectivity index (χ2n) is 7.11. The Kier molecular flexibility index (Phi) is 6.30. The summed E-state index contributed by atoms with van der Waals surface area (Å²) in [6.07, 6.45) is 1.70. The van der Waals surface area contributed by atoms with Crippen LogP contribution < -0.4 is 5.32 Å². The summed E-state index contributed by atoms with van der Waals surface area (Å²) in [7, 11) is 1.65. The van der Waals surface area contributed by atoms with Crippen molar-refractivity contribution in [2.45, 2.75) is 33.1 Å². The topological polar surface area (TPSA) is 67.2 Å². The van der Waals surface area contributed by atoms with Crippen molar-refractivity contribution >= 4 is 35.0 Å². The first-order valence-corrected chi connectivity index (χ1v) is 10.1. The van der Waals surface area contributed by atoms with Crippen molar-refractivity contribution in [2.24, 2.45) is 5.92 Å². The summed E-state index contributed by atoms with van der Waals surface area (Å²) in [5, 5.41) is 8.22. The zero-order chi connectivity index (χ0) is 20.4. The van der Waals surface area contributed by atoms with E-state index in [-0.39, 0.29) is 17.7 Å². The number of likely N-dealkylation sites (tertiary alicyclic amines) is 1. The number of nitrogens with one attached hydrogen (secondary N) is 1.